The summed E-state index contributed by atoms with van der Waals surface area (Å²) in [6.07, 6.45) is 0. The number of rotatable bonds is 4. The van der Waals surface area contributed by atoms with E-state index in [4.69, 9.17) is 5.11 Å². The Hall–Kier alpha value is -2.60. The predicted octanol–water partition coefficient (Wildman–Crippen LogP) is 1.98. The molecule has 6 heteroatoms. The number of carboxylic acids is 1. The summed E-state index contributed by atoms with van der Waals surface area (Å²) in [4.78, 5) is 26.2. The highest BCUT2D eigenvalue weighted by Crippen LogP contribution is 2.22. The Bertz CT molecular complexity index is 607. The molecule has 0 aliphatic heterocycles. The van der Waals surface area contributed by atoms with Crippen LogP contribution in [-0.2, 0) is 9.63 Å². The third kappa shape index (κ3) is 3.43. The number of hydrogen-bond donors (Lipinski definition) is 3. The molecule has 0 saturated heterocycles. The molecule has 19 heavy (non-hydrogen) atoms. The first-order valence-electron chi connectivity index (χ1n) is 5.55. The molecule has 2 amide bonds. The number of carbonyl (C=O) groups is 2. The average molecular weight is 260 g/mol. The van der Waals surface area contributed by atoms with Gasteiger partial charge in [0.1, 0.15) is 0 Å². The van der Waals surface area contributed by atoms with E-state index in [1.165, 1.54) is 0 Å². The SMILES string of the molecule is O=C(O)CONC(=O)Nc1cccc2ccccc12. The molecule has 0 bridgehead atoms. The number of hydrogen-bond acceptors (Lipinski definition) is 3. The van der Waals surface area contributed by atoms with Crippen molar-refractivity contribution in [3.8, 4) is 0 Å². The van der Waals surface area contributed by atoms with Gasteiger partial charge in [0.2, 0.25) is 0 Å². The first kappa shape index (κ1) is 12.8. The quantitative estimate of drug-likeness (QED) is 0.733. The third-order valence-corrected chi connectivity index (χ3v) is 2.40. The Balaban J connectivity index is 2.05. The van der Waals surface area contributed by atoms with Crippen molar-refractivity contribution >= 4 is 28.5 Å². The molecule has 0 aliphatic rings. The molecule has 2 aromatic rings. The normalized spacial score (nSPS) is 10.1. The summed E-state index contributed by atoms with van der Waals surface area (Å²) in [6, 6.07) is 12.4. The van der Waals surface area contributed by atoms with Gasteiger partial charge in [-0.15, -0.1) is 0 Å². The molecule has 0 radical (unpaired) electrons. The number of aliphatic carboxylic acids is 1. The van der Waals surface area contributed by atoms with Gasteiger partial charge in [0.05, 0.1) is 5.69 Å². The summed E-state index contributed by atoms with van der Waals surface area (Å²) >= 11 is 0. The zero-order valence-electron chi connectivity index (χ0n) is 9.92. The Morgan fingerprint density at radius 1 is 1.11 bits per heavy atom. The van der Waals surface area contributed by atoms with E-state index < -0.39 is 18.6 Å². The zero-order chi connectivity index (χ0) is 13.7. The van der Waals surface area contributed by atoms with Gasteiger partial charge < -0.3 is 10.4 Å². The largest absolute Gasteiger partial charge is 0.479 e. The summed E-state index contributed by atoms with van der Waals surface area (Å²) in [5.74, 6) is -1.16. The van der Waals surface area contributed by atoms with Crippen LogP contribution < -0.4 is 10.8 Å². The van der Waals surface area contributed by atoms with Crippen LogP contribution >= 0.6 is 0 Å². The number of carboxylic acid groups (broad SMARTS) is 1. The summed E-state index contributed by atoms with van der Waals surface area (Å²) in [5, 5.41) is 12.8. The fourth-order valence-corrected chi connectivity index (χ4v) is 1.65. The second-order valence-electron chi connectivity index (χ2n) is 3.77. The molecule has 2 rings (SSSR count). The Morgan fingerprint density at radius 3 is 2.63 bits per heavy atom. The minimum Gasteiger partial charge on any atom is -0.479 e. The molecule has 6 nitrogen and oxygen atoms in total. The van der Waals surface area contributed by atoms with Crippen molar-refractivity contribution < 1.29 is 19.5 Å². The number of anilines is 1. The van der Waals surface area contributed by atoms with Crippen LogP contribution in [0.3, 0.4) is 0 Å². The molecule has 0 aromatic heterocycles. The smallest absolute Gasteiger partial charge is 0.343 e. The lowest BCUT2D eigenvalue weighted by atomic mass is 10.1. The molecule has 0 fully saturated rings. The van der Waals surface area contributed by atoms with E-state index >= 15 is 0 Å². The average Bonchev–Trinajstić information content (AvgIpc) is 2.39. The lowest BCUT2D eigenvalue weighted by Crippen LogP contribution is -2.30. The van der Waals surface area contributed by atoms with Crippen molar-refractivity contribution in [2.75, 3.05) is 11.9 Å². The van der Waals surface area contributed by atoms with Crippen LogP contribution in [0.1, 0.15) is 0 Å². The molecular weight excluding hydrogens is 248 g/mol. The van der Waals surface area contributed by atoms with Gasteiger partial charge in [-0.2, -0.15) is 0 Å². The summed E-state index contributed by atoms with van der Waals surface area (Å²) < 4.78 is 0. The van der Waals surface area contributed by atoms with E-state index in [0.29, 0.717) is 5.69 Å². The Morgan fingerprint density at radius 2 is 1.84 bits per heavy atom. The topological polar surface area (TPSA) is 87.7 Å². The van der Waals surface area contributed by atoms with Crippen molar-refractivity contribution in [1.82, 2.24) is 5.48 Å². The van der Waals surface area contributed by atoms with Crippen LogP contribution in [0.15, 0.2) is 42.5 Å². The fraction of sp³-hybridized carbons (Fsp3) is 0.0769. The van der Waals surface area contributed by atoms with E-state index in [-0.39, 0.29) is 0 Å². The molecule has 0 spiro atoms. The highest BCUT2D eigenvalue weighted by molar-refractivity contribution is 6.01. The zero-order valence-corrected chi connectivity index (χ0v) is 9.92. The van der Waals surface area contributed by atoms with Gasteiger partial charge in [-0.25, -0.2) is 15.1 Å². The highest BCUT2D eigenvalue weighted by atomic mass is 16.7. The lowest BCUT2D eigenvalue weighted by molar-refractivity contribution is -0.143. The van der Waals surface area contributed by atoms with Crippen molar-refractivity contribution in [3.63, 3.8) is 0 Å². The number of carbonyl (C=O) groups excluding carboxylic acids is 1. The minimum absolute atomic E-state index is 0.594. The van der Waals surface area contributed by atoms with Crippen molar-refractivity contribution in [3.05, 3.63) is 42.5 Å². The summed E-state index contributed by atoms with van der Waals surface area (Å²) in [6.45, 7) is -0.594. The van der Waals surface area contributed by atoms with Crippen molar-refractivity contribution in [1.29, 1.82) is 0 Å². The molecule has 0 unspecified atom stereocenters. The Kier molecular flexibility index (Phi) is 3.94. The van der Waals surface area contributed by atoms with Crippen LogP contribution in [0.5, 0.6) is 0 Å². The van der Waals surface area contributed by atoms with E-state index in [0.717, 1.165) is 10.8 Å². The predicted molar refractivity (Wildman–Crippen MR) is 69.7 cm³/mol. The molecule has 0 saturated carbocycles. The number of nitrogens with one attached hydrogen (secondary N) is 2. The van der Waals surface area contributed by atoms with Gasteiger partial charge in [0, 0.05) is 5.39 Å². The van der Waals surface area contributed by atoms with Gasteiger partial charge in [-0.1, -0.05) is 36.4 Å². The fourth-order valence-electron chi connectivity index (χ4n) is 1.65. The summed E-state index contributed by atoms with van der Waals surface area (Å²) in [7, 11) is 0. The Labute approximate surface area is 108 Å². The number of urea groups is 1. The van der Waals surface area contributed by atoms with Crippen LogP contribution in [0.4, 0.5) is 10.5 Å². The standard InChI is InChI=1S/C13H12N2O4/c16-12(17)8-19-15-13(18)14-11-7-3-5-9-4-1-2-6-10(9)11/h1-7H,8H2,(H,16,17)(H2,14,15,18). The molecule has 0 heterocycles. The van der Waals surface area contributed by atoms with Gasteiger partial charge in [0.15, 0.2) is 6.61 Å². The van der Waals surface area contributed by atoms with E-state index in [2.05, 4.69) is 10.2 Å². The van der Waals surface area contributed by atoms with Crippen LogP contribution in [-0.4, -0.2) is 23.7 Å². The maximum Gasteiger partial charge on any atom is 0.343 e. The molecule has 98 valence electrons. The van der Waals surface area contributed by atoms with Gasteiger partial charge in [-0.3, -0.25) is 4.84 Å². The van der Waals surface area contributed by atoms with Crippen molar-refractivity contribution in [2.24, 2.45) is 0 Å². The first-order valence-corrected chi connectivity index (χ1v) is 5.55. The number of fused-ring (bicyclic) bond motifs is 1. The second kappa shape index (κ2) is 5.83. The van der Waals surface area contributed by atoms with Gasteiger partial charge in [0.25, 0.3) is 0 Å². The maximum atomic E-state index is 11.5. The number of hydroxylamine groups is 1. The molecular formula is C13H12N2O4. The van der Waals surface area contributed by atoms with E-state index in [1.807, 2.05) is 41.9 Å². The number of benzene rings is 2. The molecule has 0 atom stereocenters. The van der Waals surface area contributed by atoms with Gasteiger partial charge >= 0.3 is 12.0 Å². The van der Waals surface area contributed by atoms with Crippen LogP contribution in [0, 0.1) is 0 Å². The third-order valence-electron chi connectivity index (χ3n) is 2.40. The second-order valence-corrected chi connectivity index (χ2v) is 3.77. The maximum absolute atomic E-state index is 11.5. The van der Waals surface area contributed by atoms with E-state index in [1.54, 1.807) is 6.07 Å². The number of amides is 2. The van der Waals surface area contributed by atoms with E-state index in [9.17, 15) is 9.59 Å². The minimum atomic E-state index is -1.16. The molecule has 0 aliphatic carbocycles. The monoisotopic (exact) mass is 260 g/mol. The molecule has 3 N–H and O–H groups in total. The van der Waals surface area contributed by atoms with Crippen LogP contribution in [0.25, 0.3) is 10.8 Å². The molecule has 2 aromatic carbocycles. The summed E-state index contributed by atoms with van der Waals surface area (Å²) in [5.41, 5.74) is 2.62. The van der Waals surface area contributed by atoms with Gasteiger partial charge in [-0.05, 0) is 11.5 Å². The van der Waals surface area contributed by atoms with Crippen LogP contribution in [0.2, 0.25) is 0 Å². The first-order chi connectivity index (χ1) is 9.16. The van der Waals surface area contributed by atoms with Crippen molar-refractivity contribution in [2.45, 2.75) is 0 Å². The lowest BCUT2D eigenvalue weighted by Gasteiger charge is -2.09. The highest BCUT2D eigenvalue weighted by Gasteiger charge is 2.05.